The van der Waals surface area contributed by atoms with Gasteiger partial charge in [0, 0.05) is 12.3 Å². The minimum atomic E-state index is 0.00689. The number of ether oxygens (including phenoxy) is 1. The molecule has 0 aliphatic heterocycles. The molecule has 0 unspecified atom stereocenters. The van der Waals surface area contributed by atoms with E-state index in [1.807, 2.05) is 0 Å². The Labute approximate surface area is 128 Å². The molecule has 2 aliphatic carbocycles. The predicted octanol–water partition coefficient (Wildman–Crippen LogP) is 4.29. The van der Waals surface area contributed by atoms with E-state index in [-0.39, 0.29) is 11.9 Å². The number of carbonyl (C=O) groups is 2. The molecule has 120 valence electrons. The van der Waals surface area contributed by atoms with Crippen molar-refractivity contribution in [2.75, 3.05) is 6.61 Å². The molecule has 2 aliphatic rings. The molecule has 2 rings (SSSR count). The summed E-state index contributed by atoms with van der Waals surface area (Å²) in [6.07, 6.45) is 11.3. The molecule has 0 amide bonds. The molecule has 0 aromatic rings. The minimum absolute atomic E-state index is 0.00689. The van der Waals surface area contributed by atoms with Gasteiger partial charge in [-0.15, -0.1) is 0 Å². The second-order valence-electron chi connectivity index (χ2n) is 7.03. The normalized spacial score (nSPS) is 26.1. The molecule has 0 heterocycles. The van der Waals surface area contributed by atoms with Gasteiger partial charge >= 0.3 is 5.97 Å². The summed E-state index contributed by atoms with van der Waals surface area (Å²) in [5, 5.41) is 0. The largest absolute Gasteiger partial charge is 0.465 e. The lowest BCUT2D eigenvalue weighted by Crippen LogP contribution is -2.23. The van der Waals surface area contributed by atoms with Crippen LogP contribution in [0.3, 0.4) is 0 Å². The van der Waals surface area contributed by atoms with Gasteiger partial charge in [-0.3, -0.25) is 9.59 Å². The molecule has 0 saturated heterocycles. The highest BCUT2D eigenvalue weighted by Gasteiger charge is 2.25. The third-order valence-electron chi connectivity index (χ3n) is 5.22. The van der Waals surface area contributed by atoms with Crippen molar-refractivity contribution in [3.8, 4) is 0 Å². The Balaban J connectivity index is 1.45. The molecule has 0 atom stereocenters. The van der Waals surface area contributed by atoms with Gasteiger partial charge in [0.05, 0.1) is 12.5 Å². The quantitative estimate of drug-likeness (QED) is 0.495. The van der Waals surface area contributed by atoms with Crippen molar-refractivity contribution in [2.24, 2.45) is 17.8 Å². The van der Waals surface area contributed by atoms with Crippen LogP contribution in [-0.4, -0.2) is 18.4 Å². The Morgan fingerprint density at radius 1 is 0.905 bits per heavy atom. The third-order valence-corrected chi connectivity index (χ3v) is 5.22. The zero-order valence-corrected chi connectivity index (χ0v) is 13.4. The fourth-order valence-electron chi connectivity index (χ4n) is 3.30. The van der Waals surface area contributed by atoms with Gasteiger partial charge in [0.1, 0.15) is 5.78 Å². The van der Waals surface area contributed by atoms with E-state index in [9.17, 15) is 9.59 Å². The summed E-state index contributed by atoms with van der Waals surface area (Å²) in [5.41, 5.74) is 0. The number of esters is 1. The van der Waals surface area contributed by atoms with Crippen LogP contribution in [-0.2, 0) is 14.3 Å². The highest BCUT2D eigenvalue weighted by molar-refractivity contribution is 5.81. The van der Waals surface area contributed by atoms with Gasteiger partial charge in [0.15, 0.2) is 0 Å². The average molecular weight is 294 g/mol. The zero-order valence-electron chi connectivity index (χ0n) is 13.4. The first-order valence-electron chi connectivity index (χ1n) is 8.86. The maximum absolute atomic E-state index is 11.9. The summed E-state index contributed by atoms with van der Waals surface area (Å²) in [5.74, 6) is 1.74. The van der Waals surface area contributed by atoms with E-state index in [2.05, 4.69) is 6.92 Å². The summed E-state index contributed by atoms with van der Waals surface area (Å²) in [6, 6.07) is 0. The predicted molar refractivity (Wildman–Crippen MR) is 82.9 cm³/mol. The van der Waals surface area contributed by atoms with Crippen molar-refractivity contribution >= 4 is 11.8 Å². The molecule has 0 radical (unpaired) electrons. The molecule has 2 saturated carbocycles. The molecule has 0 spiro atoms. The first kappa shape index (κ1) is 16.5. The lowest BCUT2D eigenvalue weighted by molar-refractivity contribution is -0.150. The number of hydrogen-bond acceptors (Lipinski definition) is 3. The van der Waals surface area contributed by atoms with Crippen molar-refractivity contribution in [3.05, 3.63) is 0 Å². The van der Waals surface area contributed by atoms with Crippen molar-refractivity contribution < 1.29 is 14.3 Å². The van der Waals surface area contributed by atoms with Crippen LogP contribution in [0.5, 0.6) is 0 Å². The summed E-state index contributed by atoms with van der Waals surface area (Å²) in [4.78, 5) is 23.6. The van der Waals surface area contributed by atoms with E-state index >= 15 is 0 Å². The number of unbranched alkanes of at least 4 members (excludes halogenated alkanes) is 2. The van der Waals surface area contributed by atoms with E-state index in [4.69, 9.17) is 4.74 Å². The van der Waals surface area contributed by atoms with Crippen LogP contribution >= 0.6 is 0 Å². The topological polar surface area (TPSA) is 43.4 Å². The van der Waals surface area contributed by atoms with E-state index < -0.39 is 0 Å². The highest BCUT2D eigenvalue weighted by atomic mass is 16.5. The van der Waals surface area contributed by atoms with Gasteiger partial charge in [-0.25, -0.2) is 0 Å². The second kappa shape index (κ2) is 8.55. The molecule has 0 aromatic carbocycles. The summed E-state index contributed by atoms with van der Waals surface area (Å²) < 4.78 is 5.38. The first-order valence-corrected chi connectivity index (χ1v) is 8.86. The zero-order chi connectivity index (χ0) is 15.1. The van der Waals surface area contributed by atoms with Gasteiger partial charge in [-0.1, -0.05) is 13.3 Å². The maximum Gasteiger partial charge on any atom is 0.308 e. The Bertz CT molecular complexity index is 338. The van der Waals surface area contributed by atoms with Gasteiger partial charge < -0.3 is 4.74 Å². The molecular weight excluding hydrogens is 264 g/mol. The summed E-state index contributed by atoms with van der Waals surface area (Å²) in [7, 11) is 0. The maximum atomic E-state index is 11.9. The molecule has 3 heteroatoms. The molecule has 21 heavy (non-hydrogen) atoms. The average Bonchev–Trinajstić information content (AvgIpc) is 2.41. The Morgan fingerprint density at radius 3 is 2.24 bits per heavy atom. The molecular formula is C18H30O3. The second-order valence-corrected chi connectivity index (χ2v) is 7.03. The van der Waals surface area contributed by atoms with Crippen LogP contribution in [0.4, 0.5) is 0 Å². The van der Waals surface area contributed by atoms with E-state index in [0.29, 0.717) is 18.3 Å². The van der Waals surface area contributed by atoms with Gasteiger partial charge in [-0.2, -0.15) is 0 Å². The number of hydrogen-bond donors (Lipinski definition) is 0. The fraction of sp³-hybridized carbons (Fsp3) is 0.889. The monoisotopic (exact) mass is 294 g/mol. The summed E-state index contributed by atoms with van der Waals surface area (Å²) in [6.45, 7) is 2.79. The molecule has 3 nitrogen and oxygen atoms in total. The SMILES string of the molecule is CC1CCC(C(=O)OCCCCCC(=O)C2CCC2)CC1. The standard InChI is InChI=1S/C18H30O3/c1-14-9-11-16(12-10-14)18(20)21-13-4-2-3-8-17(19)15-6-5-7-15/h14-16H,2-13H2,1H3. The summed E-state index contributed by atoms with van der Waals surface area (Å²) >= 11 is 0. The van der Waals surface area contributed by atoms with Crippen molar-refractivity contribution in [1.82, 2.24) is 0 Å². The van der Waals surface area contributed by atoms with Gasteiger partial charge in [0.25, 0.3) is 0 Å². The van der Waals surface area contributed by atoms with Crippen molar-refractivity contribution in [1.29, 1.82) is 0 Å². The Kier molecular flexibility index (Phi) is 6.72. The van der Waals surface area contributed by atoms with Crippen LogP contribution in [0.15, 0.2) is 0 Å². The number of ketones is 1. The molecule has 0 N–H and O–H groups in total. The fourth-order valence-corrected chi connectivity index (χ4v) is 3.30. The molecule has 0 bridgehead atoms. The van der Waals surface area contributed by atoms with E-state index in [1.165, 1.54) is 6.42 Å². The minimum Gasteiger partial charge on any atom is -0.465 e. The van der Waals surface area contributed by atoms with Crippen LogP contribution in [0, 0.1) is 17.8 Å². The highest BCUT2D eigenvalue weighted by Crippen LogP contribution is 2.29. The smallest absolute Gasteiger partial charge is 0.308 e. The van der Waals surface area contributed by atoms with Crippen LogP contribution in [0.2, 0.25) is 0 Å². The number of Topliss-reactive ketones (excluding diaryl/α,β-unsaturated/α-hetero) is 1. The van der Waals surface area contributed by atoms with Gasteiger partial charge in [-0.05, 0) is 63.7 Å². The lowest BCUT2D eigenvalue weighted by Gasteiger charge is -2.24. The number of carbonyl (C=O) groups excluding carboxylic acids is 2. The first-order chi connectivity index (χ1) is 10.2. The molecule has 0 aromatic heterocycles. The third kappa shape index (κ3) is 5.44. The van der Waals surface area contributed by atoms with Gasteiger partial charge in [0.2, 0.25) is 0 Å². The Morgan fingerprint density at radius 2 is 1.62 bits per heavy atom. The van der Waals surface area contributed by atoms with Crippen molar-refractivity contribution in [3.63, 3.8) is 0 Å². The number of rotatable bonds is 8. The van der Waals surface area contributed by atoms with E-state index in [1.54, 1.807) is 0 Å². The van der Waals surface area contributed by atoms with Crippen LogP contribution in [0.1, 0.15) is 77.6 Å². The molecule has 2 fully saturated rings. The lowest BCUT2D eigenvalue weighted by atomic mass is 9.81. The Hall–Kier alpha value is -0.860. The van der Waals surface area contributed by atoms with Crippen molar-refractivity contribution in [2.45, 2.75) is 77.6 Å². The van der Waals surface area contributed by atoms with Crippen LogP contribution < -0.4 is 0 Å². The van der Waals surface area contributed by atoms with E-state index in [0.717, 1.165) is 70.1 Å². The van der Waals surface area contributed by atoms with Crippen LogP contribution in [0.25, 0.3) is 0 Å².